The third-order valence-electron chi connectivity index (χ3n) is 2.86. The van der Waals surface area contributed by atoms with Gasteiger partial charge in [0.1, 0.15) is 5.02 Å². The number of nitro groups is 1. The van der Waals surface area contributed by atoms with Gasteiger partial charge in [-0.1, -0.05) is 45.4 Å². The summed E-state index contributed by atoms with van der Waals surface area (Å²) in [5.41, 5.74) is -0.0521. The monoisotopic (exact) mass is 312 g/mol. The fourth-order valence-corrected chi connectivity index (χ4v) is 2.39. The van der Waals surface area contributed by atoms with E-state index in [1.807, 2.05) is 27.7 Å². The molecule has 0 heterocycles. The number of hydrogen-bond donors (Lipinski definition) is 0. The molecule has 0 saturated heterocycles. The minimum absolute atomic E-state index is 0.0926. The van der Waals surface area contributed by atoms with Crippen molar-refractivity contribution < 1.29 is 9.72 Å². The summed E-state index contributed by atoms with van der Waals surface area (Å²) in [7, 11) is 0. The second kappa shape index (κ2) is 7.41. The van der Waals surface area contributed by atoms with Crippen LogP contribution >= 0.6 is 11.6 Å². The topological polar surface area (TPSA) is 63.5 Å². The normalized spacial score (nSPS) is 11.0. The van der Waals surface area contributed by atoms with Gasteiger partial charge in [-0.2, -0.15) is 0 Å². The molecule has 0 atom stereocenters. The molecule has 0 aliphatic rings. The highest BCUT2D eigenvalue weighted by Crippen LogP contribution is 2.29. The zero-order valence-electron chi connectivity index (χ0n) is 12.8. The molecule has 0 N–H and O–H groups in total. The molecular weight excluding hydrogens is 292 g/mol. The van der Waals surface area contributed by atoms with Crippen LogP contribution in [0.3, 0.4) is 0 Å². The predicted octanol–water partition coefficient (Wildman–Crippen LogP) is 4.00. The van der Waals surface area contributed by atoms with Crippen LogP contribution < -0.4 is 0 Å². The summed E-state index contributed by atoms with van der Waals surface area (Å²) in [6.07, 6.45) is 0. The van der Waals surface area contributed by atoms with E-state index >= 15 is 0 Å². The molecule has 0 spiro atoms. The van der Waals surface area contributed by atoms with Crippen LogP contribution in [0.25, 0.3) is 0 Å². The summed E-state index contributed by atoms with van der Waals surface area (Å²) < 4.78 is 0. The van der Waals surface area contributed by atoms with E-state index in [0.29, 0.717) is 24.9 Å². The predicted molar refractivity (Wildman–Crippen MR) is 83.7 cm³/mol. The third kappa shape index (κ3) is 4.70. The Morgan fingerprint density at radius 3 is 2.19 bits per heavy atom. The maximum atomic E-state index is 12.6. The van der Waals surface area contributed by atoms with Crippen LogP contribution in [0.4, 0.5) is 5.69 Å². The third-order valence-corrected chi connectivity index (χ3v) is 3.26. The van der Waals surface area contributed by atoms with E-state index in [1.165, 1.54) is 18.2 Å². The van der Waals surface area contributed by atoms with Crippen molar-refractivity contribution in [3.8, 4) is 0 Å². The number of nitro benzene ring substituents is 1. The maximum Gasteiger partial charge on any atom is 0.288 e. The van der Waals surface area contributed by atoms with Crippen molar-refractivity contribution in [3.63, 3.8) is 0 Å². The Kier molecular flexibility index (Phi) is 6.15. The molecule has 0 fully saturated rings. The van der Waals surface area contributed by atoms with E-state index < -0.39 is 4.92 Å². The van der Waals surface area contributed by atoms with Crippen molar-refractivity contribution >= 4 is 23.2 Å². The van der Waals surface area contributed by atoms with Crippen LogP contribution in [-0.4, -0.2) is 28.8 Å². The quantitative estimate of drug-likeness (QED) is 0.589. The summed E-state index contributed by atoms with van der Waals surface area (Å²) in [5, 5.41) is 10.8. The van der Waals surface area contributed by atoms with Crippen LogP contribution in [0.15, 0.2) is 18.2 Å². The SMILES string of the molecule is CC(C)CN(CC(C)C)C(=O)c1cccc([N+](=O)[O-])c1Cl. The molecule has 0 unspecified atom stereocenters. The Bertz CT molecular complexity index is 520. The standard InChI is InChI=1S/C15H21ClN2O3/c1-10(2)8-17(9-11(3)4)15(19)12-6-5-7-13(14(12)16)18(20)21/h5-7,10-11H,8-9H2,1-4H3. The van der Waals surface area contributed by atoms with Gasteiger partial charge in [0, 0.05) is 19.2 Å². The second-order valence-corrected chi connectivity index (χ2v) is 6.27. The van der Waals surface area contributed by atoms with E-state index in [9.17, 15) is 14.9 Å². The lowest BCUT2D eigenvalue weighted by molar-refractivity contribution is -0.384. The van der Waals surface area contributed by atoms with Gasteiger partial charge in [-0.05, 0) is 17.9 Å². The number of hydrogen-bond acceptors (Lipinski definition) is 3. The van der Waals surface area contributed by atoms with Crippen LogP contribution in [0, 0.1) is 22.0 Å². The Balaban J connectivity index is 3.14. The maximum absolute atomic E-state index is 12.6. The van der Waals surface area contributed by atoms with Gasteiger partial charge in [0.2, 0.25) is 0 Å². The summed E-state index contributed by atoms with van der Waals surface area (Å²) in [4.78, 5) is 24.7. The molecule has 6 heteroatoms. The number of nitrogens with zero attached hydrogens (tertiary/aromatic N) is 2. The van der Waals surface area contributed by atoms with Crippen molar-refractivity contribution in [1.29, 1.82) is 0 Å². The van der Waals surface area contributed by atoms with E-state index in [0.717, 1.165) is 0 Å². The van der Waals surface area contributed by atoms with Gasteiger partial charge in [0.05, 0.1) is 10.5 Å². The summed E-state index contributed by atoms with van der Waals surface area (Å²) >= 11 is 6.03. The lowest BCUT2D eigenvalue weighted by atomic mass is 10.1. The molecule has 0 saturated carbocycles. The first kappa shape index (κ1) is 17.4. The molecule has 1 aromatic carbocycles. The molecule has 1 aromatic rings. The van der Waals surface area contributed by atoms with E-state index in [4.69, 9.17) is 11.6 Å². The fourth-order valence-electron chi connectivity index (χ4n) is 2.12. The Hall–Kier alpha value is -1.62. The molecule has 5 nitrogen and oxygen atoms in total. The van der Waals surface area contributed by atoms with Crippen molar-refractivity contribution in [3.05, 3.63) is 38.9 Å². The highest BCUT2D eigenvalue weighted by Gasteiger charge is 2.24. The van der Waals surface area contributed by atoms with Crippen molar-refractivity contribution in [2.45, 2.75) is 27.7 Å². The lowest BCUT2D eigenvalue weighted by Gasteiger charge is -2.26. The van der Waals surface area contributed by atoms with Crippen LogP contribution in [0.5, 0.6) is 0 Å². The molecule has 0 aliphatic heterocycles. The molecular formula is C15H21ClN2O3. The summed E-state index contributed by atoms with van der Waals surface area (Å²) in [5.74, 6) is 0.362. The molecule has 1 rings (SSSR count). The van der Waals surface area contributed by atoms with Gasteiger partial charge in [-0.25, -0.2) is 0 Å². The second-order valence-electron chi connectivity index (χ2n) is 5.89. The van der Waals surface area contributed by atoms with Gasteiger partial charge < -0.3 is 4.90 Å². The lowest BCUT2D eigenvalue weighted by Crippen LogP contribution is -2.37. The van der Waals surface area contributed by atoms with E-state index in [2.05, 4.69) is 0 Å². The molecule has 21 heavy (non-hydrogen) atoms. The Morgan fingerprint density at radius 2 is 1.76 bits per heavy atom. The minimum atomic E-state index is -0.575. The van der Waals surface area contributed by atoms with Gasteiger partial charge in [-0.15, -0.1) is 0 Å². The molecule has 1 amide bonds. The van der Waals surface area contributed by atoms with Gasteiger partial charge in [-0.3, -0.25) is 14.9 Å². The zero-order chi connectivity index (χ0) is 16.2. The largest absolute Gasteiger partial charge is 0.338 e. The van der Waals surface area contributed by atoms with Crippen LogP contribution in [-0.2, 0) is 0 Å². The molecule has 0 aliphatic carbocycles. The number of amides is 1. The van der Waals surface area contributed by atoms with Crippen LogP contribution in [0.1, 0.15) is 38.1 Å². The van der Waals surface area contributed by atoms with Crippen molar-refractivity contribution in [2.24, 2.45) is 11.8 Å². The van der Waals surface area contributed by atoms with Gasteiger partial charge >= 0.3 is 0 Å². The number of carbonyl (C=O) groups is 1. The first-order valence-corrected chi connectivity index (χ1v) is 7.34. The van der Waals surface area contributed by atoms with Crippen LogP contribution in [0.2, 0.25) is 5.02 Å². The first-order valence-electron chi connectivity index (χ1n) is 6.96. The smallest absolute Gasteiger partial charge is 0.288 e. The average molecular weight is 313 g/mol. The minimum Gasteiger partial charge on any atom is -0.338 e. The zero-order valence-corrected chi connectivity index (χ0v) is 13.6. The number of halogens is 1. The highest BCUT2D eigenvalue weighted by molar-refractivity contribution is 6.35. The first-order chi connectivity index (χ1) is 9.73. The van der Waals surface area contributed by atoms with Gasteiger partial charge in [0.25, 0.3) is 11.6 Å². The van der Waals surface area contributed by atoms with Crippen molar-refractivity contribution in [2.75, 3.05) is 13.1 Å². The highest BCUT2D eigenvalue weighted by atomic mass is 35.5. The molecule has 0 radical (unpaired) electrons. The van der Waals surface area contributed by atoms with Crippen molar-refractivity contribution in [1.82, 2.24) is 4.90 Å². The molecule has 116 valence electrons. The number of benzene rings is 1. The number of rotatable bonds is 6. The van der Waals surface area contributed by atoms with E-state index in [-0.39, 0.29) is 22.2 Å². The fraction of sp³-hybridized carbons (Fsp3) is 0.533. The van der Waals surface area contributed by atoms with E-state index in [1.54, 1.807) is 4.90 Å². The Morgan fingerprint density at radius 1 is 1.24 bits per heavy atom. The average Bonchev–Trinajstić information content (AvgIpc) is 2.36. The molecule has 0 bridgehead atoms. The van der Waals surface area contributed by atoms with Gasteiger partial charge in [0.15, 0.2) is 0 Å². The summed E-state index contributed by atoms with van der Waals surface area (Å²) in [6.45, 7) is 9.28. The number of carbonyl (C=O) groups excluding carboxylic acids is 1. The Labute approximate surface area is 130 Å². The summed E-state index contributed by atoms with van der Waals surface area (Å²) in [6, 6.07) is 4.32. The molecule has 0 aromatic heterocycles.